The molecule has 0 bridgehead atoms. The number of hydrogen-bond acceptors (Lipinski definition) is 6. The van der Waals surface area contributed by atoms with Crippen molar-refractivity contribution in [2.75, 3.05) is 13.2 Å². The van der Waals surface area contributed by atoms with Gasteiger partial charge in [-0.25, -0.2) is 0 Å². The second-order valence-electron chi connectivity index (χ2n) is 21.5. The molecule has 0 aliphatic rings. The third-order valence-electron chi connectivity index (χ3n) is 13.8. The second-order valence-corrected chi connectivity index (χ2v) is 21.5. The van der Waals surface area contributed by atoms with E-state index in [1.807, 2.05) is 0 Å². The van der Waals surface area contributed by atoms with Crippen LogP contribution in [-0.4, -0.2) is 37.2 Å². The smallest absolute Gasteiger partial charge is 0.306 e. The molecule has 0 spiro atoms. The summed E-state index contributed by atoms with van der Waals surface area (Å²) in [6.07, 6.45) is 52.3. The van der Waals surface area contributed by atoms with E-state index in [1.54, 1.807) is 0 Å². The minimum Gasteiger partial charge on any atom is -0.462 e. The summed E-state index contributed by atoms with van der Waals surface area (Å²) in [6, 6.07) is 0. The van der Waals surface area contributed by atoms with Crippen molar-refractivity contribution in [1.82, 2.24) is 0 Å². The summed E-state index contributed by atoms with van der Waals surface area (Å²) < 4.78 is 16.9. The van der Waals surface area contributed by atoms with E-state index < -0.39 is 6.10 Å². The van der Waals surface area contributed by atoms with Crippen LogP contribution in [-0.2, 0) is 28.6 Å². The molecule has 0 saturated carbocycles. The average Bonchev–Trinajstić information content (AvgIpc) is 3.28. The molecule has 65 heavy (non-hydrogen) atoms. The van der Waals surface area contributed by atoms with Crippen molar-refractivity contribution < 1.29 is 28.6 Å². The van der Waals surface area contributed by atoms with Gasteiger partial charge in [0.15, 0.2) is 6.10 Å². The number of rotatable bonds is 52. The second kappa shape index (κ2) is 50.3. The first kappa shape index (κ1) is 63.4. The third kappa shape index (κ3) is 51.6. The van der Waals surface area contributed by atoms with Gasteiger partial charge in [0, 0.05) is 19.3 Å². The summed E-state index contributed by atoms with van der Waals surface area (Å²) in [5.74, 6) is 1.70. The minimum atomic E-state index is -0.764. The van der Waals surface area contributed by atoms with Gasteiger partial charge in [-0.05, 0) is 37.0 Å². The topological polar surface area (TPSA) is 78.9 Å². The molecule has 0 aromatic heterocycles. The molecular weight excluding hydrogens is 805 g/mol. The Balaban J connectivity index is 4.29. The summed E-state index contributed by atoms with van der Waals surface area (Å²) >= 11 is 0. The SMILES string of the molecule is CCC(C)CCCCCCCCCCCCC(=O)OC[C@H](COC(=O)CCCCCCCCCCCCCCCCCCC(C)C)OC(=O)CCCCCCCCCCCCCC(C)C. The van der Waals surface area contributed by atoms with E-state index in [2.05, 4.69) is 41.5 Å². The highest BCUT2D eigenvalue weighted by atomic mass is 16.6. The van der Waals surface area contributed by atoms with Crippen LogP contribution in [0.3, 0.4) is 0 Å². The predicted molar refractivity (Wildman–Crippen MR) is 279 cm³/mol. The lowest BCUT2D eigenvalue weighted by molar-refractivity contribution is -0.167. The van der Waals surface area contributed by atoms with E-state index in [1.165, 1.54) is 205 Å². The first-order chi connectivity index (χ1) is 31.6. The maximum Gasteiger partial charge on any atom is 0.306 e. The van der Waals surface area contributed by atoms with Gasteiger partial charge in [-0.15, -0.1) is 0 Å². The van der Waals surface area contributed by atoms with Gasteiger partial charge in [-0.2, -0.15) is 0 Å². The van der Waals surface area contributed by atoms with Crippen LogP contribution in [0.2, 0.25) is 0 Å². The Hall–Kier alpha value is -1.59. The Morgan fingerprint density at radius 3 is 0.800 bits per heavy atom. The summed E-state index contributed by atoms with van der Waals surface area (Å²) in [4.78, 5) is 38.1. The van der Waals surface area contributed by atoms with Crippen molar-refractivity contribution >= 4 is 17.9 Å². The number of unbranched alkanes of at least 4 members (excludes halogenated alkanes) is 34. The van der Waals surface area contributed by atoms with Gasteiger partial charge in [-0.1, -0.05) is 286 Å². The first-order valence-corrected chi connectivity index (χ1v) is 29.1. The number of carbonyl (C=O) groups excluding carboxylic acids is 3. The maximum atomic E-state index is 12.8. The van der Waals surface area contributed by atoms with Crippen LogP contribution in [0.25, 0.3) is 0 Å². The molecule has 0 aliphatic carbocycles. The number of esters is 3. The lowest BCUT2D eigenvalue weighted by atomic mass is 9.99. The molecule has 0 aromatic rings. The summed E-state index contributed by atoms with van der Waals surface area (Å²) in [6.45, 7) is 13.8. The quantitative estimate of drug-likeness (QED) is 0.0344. The fourth-order valence-electron chi connectivity index (χ4n) is 8.97. The van der Waals surface area contributed by atoms with Crippen LogP contribution in [0.5, 0.6) is 0 Å². The van der Waals surface area contributed by atoms with Gasteiger partial charge in [-0.3, -0.25) is 14.4 Å². The third-order valence-corrected chi connectivity index (χ3v) is 13.8. The zero-order valence-corrected chi connectivity index (χ0v) is 44.8. The molecule has 2 atom stereocenters. The van der Waals surface area contributed by atoms with Gasteiger partial charge in [0.2, 0.25) is 0 Å². The lowest BCUT2D eigenvalue weighted by Crippen LogP contribution is -2.30. The normalized spacial score (nSPS) is 12.6. The molecule has 6 heteroatoms. The van der Waals surface area contributed by atoms with Gasteiger partial charge in [0.05, 0.1) is 0 Å². The number of carbonyl (C=O) groups is 3. The lowest BCUT2D eigenvalue weighted by Gasteiger charge is -2.18. The van der Waals surface area contributed by atoms with E-state index in [0.29, 0.717) is 19.3 Å². The van der Waals surface area contributed by atoms with Crippen molar-refractivity contribution in [3.8, 4) is 0 Å². The molecule has 0 fully saturated rings. The average molecular weight is 920 g/mol. The van der Waals surface area contributed by atoms with Crippen LogP contribution in [0.15, 0.2) is 0 Å². The Morgan fingerprint density at radius 1 is 0.308 bits per heavy atom. The Bertz CT molecular complexity index is 1010. The van der Waals surface area contributed by atoms with Crippen LogP contribution in [0.1, 0.15) is 324 Å². The largest absolute Gasteiger partial charge is 0.462 e. The minimum absolute atomic E-state index is 0.0636. The van der Waals surface area contributed by atoms with E-state index in [9.17, 15) is 14.4 Å². The molecule has 0 radical (unpaired) electrons. The zero-order chi connectivity index (χ0) is 47.7. The molecule has 6 nitrogen and oxygen atoms in total. The molecule has 386 valence electrons. The van der Waals surface area contributed by atoms with Gasteiger partial charge in [0.25, 0.3) is 0 Å². The van der Waals surface area contributed by atoms with Crippen LogP contribution in [0.4, 0.5) is 0 Å². The number of ether oxygens (including phenoxy) is 3. The molecule has 0 heterocycles. The number of hydrogen-bond donors (Lipinski definition) is 0. The van der Waals surface area contributed by atoms with Crippen LogP contribution >= 0.6 is 0 Å². The van der Waals surface area contributed by atoms with Gasteiger partial charge >= 0.3 is 17.9 Å². The highest BCUT2D eigenvalue weighted by Crippen LogP contribution is 2.19. The van der Waals surface area contributed by atoms with E-state index in [0.717, 1.165) is 75.5 Å². The van der Waals surface area contributed by atoms with Crippen molar-refractivity contribution in [3.63, 3.8) is 0 Å². The summed E-state index contributed by atoms with van der Waals surface area (Å²) in [5, 5.41) is 0. The van der Waals surface area contributed by atoms with E-state index >= 15 is 0 Å². The predicted octanol–water partition coefficient (Wildman–Crippen LogP) is 19.1. The fraction of sp³-hybridized carbons (Fsp3) is 0.949. The zero-order valence-electron chi connectivity index (χ0n) is 44.8. The van der Waals surface area contributed by atoms with Crippen LogP contribution in [0, 0.1) is 17.8 Å². The van der Waals surface area contributed by atoms with Crippen molar-refractivity contribution in [2.24, 2.45) is 17.8 Å². The summed E-state index contributed by atoms with van der Waals surface area (Å²) in [5.41, 5.74) is 0. The fourth-order valence-corrected chi connectivity index (χ4v) is 8.97. The van der Waals surface area contributed by atoms with Gasteiger partial charge < -0.3 is 14.2 Å². The Kier molecular flexibility index (Phi) is 49.1. The maximum absolute atomic E-state index is 12.8. The molecule has 0 amide bonds. The molecule has 0 saturated heterocycles. The van der Waals surface area contributed by atoms with Crippen molar-refractivity contribution in [3.05, 3.63) is 0 Å². The molecule has 1 unspecified atom stereocenters. The van der Waals surface area contributed by atoms with Gasteiger partial charge in [0.1, 0.15) is 13.2 Å². The highest BCUT2D eigenvalue weighted by molar-refractivity contribution is 5.71. The Morgan fingerprint density at radius 2 is 0.538 bits per heavy atom. The molecule has 0 rings (SSSR count). The van der Waals surface area contributed by atoms with E-state index in [-0.39, 0.29) is 31.1 Å². The van der Waals surface area contributed by atoms with Crippen molar-refractivity contribution in [2.45, 2.75) is 330 Å². The molecular formula is C59H114O6. The standard InChI is InChI=1S/C59H114O6/c1-7-55(6)47-41-35-29-23-19-20-25-31-37-43-49-58(61)64-52-56(65-59(62)50-44-38-32-26-18-14-16-22-28-34-40-46-54(4)5)51-63-57(60)48-42-36-30-24-17-13-11-9-8-10-12-15-21-27-33-39-45-53(2)3/h53-56H,7-52H2,1-6H3/t55?,56-/m0/s1. The molecule has 0 aromatic carbocycles. The van der Waals surface area contributed by atoms with E-state index in [4.69, 9.17) is 14.2 Å². The monoisotopic (exact) mass is 919 g/mol. The van der Waals surface area contributed by atoms with Crippen LogP contribution < -0.4 is 0 Å². The molecule has 0 N–H and O–H groups in total. The summed E-state index contributed by atoms with van der Waals surface area (Å²) in [7, 11) is 0. The highest BCUT2D eigenvalue weighted by Gasteiger charge is 2.19. The van der Waals surface area contributed by atoms with Crippen molar-refractivity contribution in [1.29, 1.82) is 0 Å². The Labute approximate surface area is 406 Å². The molecule has 0 aliphatic heterocycles. The first-order valence-electron chi connectivity index (χ1n) is 29.1.